The number of benzene rings is 1. The molecule has 0 aliphatic rings. The van der Waals surface area contributed by atoms with Gasteiger partial charge in [-0.05, 0) is 24.7 Å². The van der Waals surface area contributed by atoms with Crippen LogP contribution in [0.4, 0.5) is 13.2 Å². The molecule has 1 N–H and O–H groups in total. The molecule has 0 spiro atoms. The van der Waals surface area contributed by atoms with E-state index in [2.05, 4.69) is 14.8 Å². The molecule has 1 aromatic carbocycles. The van der Waals surface area contributed by atoms with Crippen molar-refractivity contribution in [2.24, 2.45) is 0 Å². The van der Waals surface area contributed by atoms with E-state index in [-0.39, 0.29) is 5.75 Å². The summed E-state index contributed by atoms with van der Waals surface area (Å²) >= 11 is 0. The number of nitrogens with one attached hydrogen (secondary N) is 1. The molecular weight excluding hydrogens is 251 g/mol. The van der Waals surface area contributed by atoms with Gasteiger partial charge in [0.25, 0.3) is 0 Å². The minimum absolute atomic E-state index is 0.325. The second-order valence-electron chi connectivity index (χ2n) is 3.37. The summed E-state index contributed by atoms with van der Waals surface area (Å²) in [4.78, 5) is 11.4. The van der Waals surface area contributed by atoms with Crippen molar-refractivity contribution in [3.8, 4) is 5.75 Å². The monoisotopic (exact) mass is 263 g/mol. The zero-order valence-corrected chi connectivity index (χ0v) is 9.75. The Balaban J connectivity index is 2.96. The van der Waals surface area contributed by atoms with Crippen LogP contribution in [0.2, 0.25) is 0 Å². The van der Waals surface area contributed by atoms with Gasteiger partial charge in [-0.15, -0.1) is 13.2 Å². The minimum atomic E-state index is -4.76. The smallest absolute Gasteiger partial charge is 0.468 e. The Morgan fingerprint density at radius 1 is 1.39 bits per heavy atom. The van der Waals surface area contributed by atoms with Gasteiger partial charge in [0.15, 0.2) is 0 Å². The molecule has 1 atom stereocenters. The number of hydrogen-bond donors (Lipinski definition) is 1. The van der Waals surface area contributed by atoms with Gasteiger partial charge < -0.3 is 14.8 Å². The molecule has 1 rings (SSSR count). The first-order valence-corrected chi connectivity index (χ1v) is 4.98. The Morgan fingerprint density at radius 3 is 2.56 bits per heavy atom. The number of alkyl halides is 3. The number of rotatable bonds is 4. The third-order valence-corrected chi connectivity index (χ3v) is 2.15. The average Bonchev–Trinajstić information content (AvgIpc) is 2.28. The summed E-state index contributed by atoms with van der Waals surface area (Å²) in [7, 11) is 2.70. The predicted molar refractivity (Wildman–Crippen MR) is 56.9 cm³/mol. The lowest BCUT2D eigenvalue weighted by Gasteiger charge is -2.15. The van der Waals surface area contributed by atoms with Gasteiger partial charge >= 0.3 is 12.3 Å². The zero-order valence-electron chi connectivity index (χ0n) is 9.75. The Hall–Kier alpha value is -1.76. The molecular formula is C11H12F3NO3. The Labute approximate surface area is 102 Å². The van der Waals surface area contributed by atoms with Gasteiger partial charge in [0.05, 0.1) is 7.11 Å². The SMILES string of the molecule is CNC(C(=O)OC)c1cccc(OC(F)(F)F)c1. The third-order valence-electron chi connectivity index (χ3n) is 2.15. The quantitative estimate of drug-likeness (QED) is 0.844. The molecule has 0 bridgehead atoms. The van der Waals surface area contributed by atoms with Gasteiger partial charge in [-0.3, -0.25) is 0 Å². The number of ether oxygens (including phenoxy) is 2. The van der Waals surface area contributed by atoms with Crippen LogP contribution in [-0.4, -0.2) is 26.5 Å². The lowest BCUT2D eigenvalue weighted by molar-refractivity contribution is -0.274. The number of esters is 1. The van der Waals surface area contributed by atoms with Crippen molar-refractivity contribution in [3.63, 3.8) is 0 Å². The maximum atomic E-state index is 12.1. The van der Waals surface area contributed by atoms with Crippen molar-refractivity contribution in [3.05, 3.63) is 29.8 Å². The molecule has 0 saturated carbocycles. The highest BCUT2D eigenvalue weighted by atomic mass is 19.4. The van der Waals surface area contributed by atoms with Crippen LogP contribution >= 0.6 is 0 Å². The van der Waals surface area contributed by atoms with Crippen LogP contribution in [0.3, 0.4) is 0 Å². The van der Waals surface area contributed by atoms with E-state index >= 15 is 0 Å². The van der Waals surface area contributed by atoms with E-state index in [1.807, 2.05) is 0 Å². The number of carbonyl (C=O) groups is 1. The average molecular weight is 263 g/mol. The predicted octanol–water partition coefficient (Wildman–Crippen LogP) is 2.02. The van der Waals surface area contributed by atoms with E-state index in [0.29, 0.717) is 5.56 Å². The minimum Gasteiger partial charge on any atom is -0.468 e. The van der Waals surface area contributed by atoms with Gasteiger partial charge in [-0.2, -0.15) is 0 Å². The number of methoxy groups -OCH3 is 1. The number of likely N-dealkylation sites (N-methyl/N-ethyl adjacent to an activating group) is 1. The molecule has 0 radical (unpaired) electrons. The van der Waals surface area contributed by atoms with Gasteiger partial charge in [-0.1, -0.05) is 12.1 Å². The second kappa shape index (κ2) is 5.72. The van der Waals surface area contributed by atoms with Crippen molar-refractivity contribution in [1.29, 1.82) is 0 Å². The van der Waals surface area contributed by atoms with Crippen LogP contribution < -0.4 is 10.1 Å². The van der Waals surface area contributed by atoms with Crippen LogP contribution in [0.5, 0.6) is 5.75 Å². The Bertz CT molecular complexity index is 420. The molecule has 0 aliphatic carbocycles. The first-order valence-electron chi connectivity index (χ1n) is 4.98. The summed E-state index contributed by atoms with van der Waals surface area (Å²) in [5.41, 5.74) is 0.325. The van der Waals surface area contributed by atoms with Gasteiger partial charge in [-0.25, -0.2) is 4.79 Å². The van der Waals surface area contributed by atoms with Gasteiger partial charge in [0.1, 0.15) is 11.8 Å². The highest BCUT2D eigenvalue weighted by Crippen LogP contribution is 2.25. The van der Waals surface area contributed by atoms with Crippen LogP contribution in [0, 0.1) is 0 Å². The van der Waals surface area contributed by atoms with Gasteiger partial charge in [0, 0.05) is 0 Å². The highest BCUT2D eigenvalue weighted by Gasteiger charge is 2.31. The molecule has 1 unspecified atom stereocenters. The molecule has 4 nitrogen and oxygen atoms in total. The number of halogens is 3. The normalized spacial score (nSPS) is 12.9. The molecule has 0 fully saturated rings. The molecule has 0 saturated heterocycles. The summed E-state index contributed by atoms with van der Waals surface area (Å²) in [6.07, 6.45) is -4.76. The van der Waals surface area contributed by atoms with Crippen LogP contribution in [0.25, 0.3) is 0 Å². The molecule has 1 aromatic rings. The maximum absolute atomic E-state index is 12.1. The van der Waals surface area contributed by atoms with Crippen LogP contribution in [0.15, 0.2) is 24.3 Å². The van der Waals surface area contributed by atoms with Crippen molar-refractivity contribution >= 4 is 5.97 Å². The molecule has 0 heterocycles. The first kappa shape index (κ1) is 14.3. The van der Waals surface area contributed by atoms with Crippen molar-refractivity contribution in [2.45, 2.75) is 12.4 Å². The van der Waals surface area contributed by atoms with Gasteiger partial charge in [0.2, 0.25) is 0 Å². The first-order chi connectivity index (χ1) is 8.37. The largest absolute Gasteiger partial charge is 0.573 e. The highest BCUT2D eigenvalue weighted by molar-refractivity contribution is 5.77. The van der Waals surface area contributed by atoms with E-state index in [1.165, 1.54) is 26.3 Å². The lowest BCUT2D eigenvalue weighted by atomic mass is 10.1. The van der Waals surface area contributed by atoms with Crippen LogP contribution in [0.1, 0.15) is 11.6 Å². The summed E-state index contributed by atoms with van der Waals surface area (Å²) in [6.45, 7) is 0. The van der Waals surface area contributed by atoms with Crippen molar-refractivity contribution in [2.75, 3.05) is 14.2 Å². The summed E-state index contributed by atoms with van der Waals surface area (Å²) < 4.78 is 44.5. The summed E-state index contributed by atoms with van der Waals surface area (Å²) in [5.74, 6) is -0.981. The lowest BCUT2D eigenvalue weighted by Crippen LogP contribution is -2.26. The third kappa shape index (κ3) is 3.92. The molecule has 0 aliphatic heterocycles. The Morgan fingerprint density at radius 2 is 2.06 bits per heavy atom. The van der Waals surface area contributed by atoms with Crippen molar-refractivity contribution < 1.29 is 27.4 Å². The maximum Gasteiger partial charge on any atom is 0.573 e. The number of hydrogen-bond acceptors (Lipinski definition) is 4. The van der Waals surface area contributed by atoms with Crippen LogP contribution in [-0.2, 0) is 9.53 Å². The van der Waals surface area contributed by atoms with E-state index in [4.69, 9.17) is 0 Å². The fraction of sp³-hybridized carbons (Fsp3) is 0.364. The Kier molecular flexibility index (Phi) is 4.55. The molecule has 100 valence electrons. The van der Waals surface area contributed by atoms with E-state index in [0.717, 1.165) is 12.1 Å². The fourth-order valence-corrected chi connectivity index (χ4v) is 1.43. The molecule has 0 aromatic heterocycles. The standard InChI is InChI=1S/C11H12F3NO3/c1-15-9(10(16)17-2)7-4-3-5-8(6-7)18-11(12,13)14/h3-6,9,15H,1-2H3. The zero-order chi connectivity index (χ0) is 13.8. The summed E-state index contributed by atoms with van der Waals surface area (Å²) in [5, 5.41) is 2.65. The molecule has 0 amide bonds. The summed E-state index contributed by atoms with van der Waals surface area (Å²) in [6, 6.07) is 4.31. The second-order valence-corrected chi connectivity index (χ2v) is 3.37. The molecule has 7 heteroatoms. The van der Waals surface area contributed by atoms with E-state index in [1.54, 1.807) is 0 Å². The fourth-order valence-electron chi connectivity index (χ4n) is 1.43. The molecule has 18 heavy (non-hydrogen) atoms. The van der Waals surface area contributed by atoms with E-state index < -0.39 is 18.4 Å². The van der Waals surface area contributed by atoms with Crippen molar-refractivity contribution in [1.82, 2.24) is 5.32 Å². The number of carbonyl (C=O) groups excluding carboxylic acids is 1. The van der Waals surface area contributed by atoms with E-state index in [9.17, 15) is 18.0 Å². The topological polar surface area (TPSA) is 47.6 Å².